The number of carbonyl (C=O) groups excluding carboxylic acids is 1. The summed E-state index contributed by atoms with van der Waals surface area (Å²) in [6.07, 6.45) is 6.55. The van der Waals surface area contributed by atoms with Crippen LogP contribution in [0.1, 0.15) is 17.5 Å². The molecule has 23 heavy (non-hydrogen) atoms. The smallest absolute Gasteiger partial charge is 0.229 e. The Morgan fingerprint density at radius 2 is 2.26 bits per heavy atom. The zero-order chi connectivity index (χ0) is 16.2. The molecule has 0 bridgehead atoms. The summed E-state index contributed by atoms with van der Waals surface area (Å²) < 4.78 is 7.53. The summed E-state index contributed by atoms with van der Waals surface area (Å²) in [5, 5.41) is 4.16. The molecule has 5 heteroatoms. The first kappa shape index (κ1) is 15.6. The molecular weight excluding hydrogens is 290 g/mol. The number of hydrogen-bond donors (Lipinski definition) is 0. The molecule has 1 atom stereocenters. The number of fused-ring (bicyclic) bond motifs is 1. The van der Waals surface area contributed by atoms with E-state index in [1.165, 1.54) is 5.56 Å². The molecule has 0 radical (unpaired) electrons. The molecule has 2 aromatic rings. The van der Waals surface area contributed by atoms with Gasteiger partial charge in [0, 0.05) is 26.8 Å². The van der Waals surface area contributed by atoms with Crippen molar-refractivity contribution < 1.29 is 9.53 Å². The first-order valence-corrected chi connectivity index (χ1v) is 8.06. The molecule has 3 rings (SSSR count). The number of rotatable bonds is 5. The van der Waals surface area contributed by atoms with Crippen LogP contribution in [-0.2, 0) is 24.7 Å². The first-order valence-electron chi connectivity index (χ1n) is 8.06. The quantitative estimate of drug-likeness (QED) is 0.849. The van der Waals surface area contributed by atoms with Gasteiger partial charge in [0.15, 0.2) is 0 Å². The van der Waals surface area contributed by atoms with E-state index in [2.05, 4.69) is 5.10 Å². The largest absolute Gasteiger partial charge is 0.492 e. The summed E-state index contributed by atoms with van der Waals surface area (Å²) in [4.78, 5) is 14.4. The fourth-order valence-corrected chi connectivity index (χ4v) is 3.03. The van der Waals surface area contributed by atoms with Crippen molar-refractivity contribution >= 4 is 5.91 Å². The van der Waals surface area contributed by atoms with Crippen molar-refractivity contribution in [2.24, 2.45) is 13.0 Å². The molecule has 1 amide bonds. The van der Waals surface area contributed by atoms with E-state index in [1.54, 1.807) is 4.68 Å². The van der Waals surface area contributed by atoms with Gasteiger partial charge < -0.3 is 9.64 Å². The highest BCUT2D eigenvalue weighted by Crippen LogP contribution is 2.27. The third-order valence-electron chi connectivity index (χ3n) is 4.32. The normalized spacial score (nSPS) is 16.5. The van der Waals surface area contributed by atoms with Crippen molar-refractivity contribution in [2.75, 3.05) is 20.2 Å². The zero-order valence-electron chi connectivity index (χ0n) is 13.7. The van der Waals surface area contributed by atoms with E-state index in [0.717, 1.165) is 37.1 Å². The Hall–Kier alpha value is -2.30. The highest BCUT2D eigenvalue weighted by molar-refractivity contribution is 5.79. The second-order valence-corrected chi connectivity index (χ2v) is 6.21. The average Bonchev–Trinajstić information content (AvgIpc) is 2.99. The lowest BCUT2D eigenvalue weighted by atomic mass is 9.95. The van der Waals surface area contributed by atoms with Crippen LogP contribution in [0.3, 0.4) is 0 Å². The van der Waals surface area contributed by atoms with Gasteiger partial charge in [-0.05, 0) is 36.5 Å². The molecule has 2 heterocycles. The van der Waals surface area contributed by atoms with Gasteiger partial charge in [0.2, 0.25) is 5.91 Å². The molecule has 1 aromatic carbocycles. The number of amides is 1. The summed E-state index contributed by atoms with van der Waals surface area (Å²) >= 11 is 0. The monoisotopic (exact) mass is 313 g/mol. The number of para-hydroxylation sites is 1. The van der Waals surface area contributed by atoms with Gasteiger partial charge in [0.25, 0.3) is 0 Å². The molecule has 122 valence electrons. The van der Waals surface area contributed by atoms with Crippen molar-refractivity contribution in [3.05, 3.63) is 47.8 Å². The lowest BCUT2D eigenvalue weighted by Gasteiger charge is -2.28. The van der Waals surface area contributed by atoms with Crippen LogP contribution in [0, 0.1) is 5.92 Å². The van der Waals surface area contributed by atoms with Gasteiger partial charge in [0.05, 0.1) is 12.1 Å². The molecule has 0 aliphatic carbocycles. The predicted molar refractivity (Wildman–Crippen MR) is 88.3 cm³/mol. The van der Waals surface area contributed by atoms with Gasteiger partial charge in [-0.25, -0.2) is 0 Å². The second kappa shape index (κ2) is 6.86. The number of hydrogen-bond acceptors (Lipinski definition) is 3. The summed E-state index contributed by atoms with van der Waals surface area (Å²) in [5.41, 5.74) is 2.34. The minimum Gasteiger partial charge on any atom is -0.492 e. The van der Waals surface area contributed by atoms with Gasteiger partial charge >= 0.3 is 0 Å². The zero-order valence-corrected chi connectivity index (χ0v) is 13.7. The van der Waals surface area contributed by atoms with Crippen LogP contribution in [-0.4, -0.2) is 40.8 Å². The molecule has 0 spiro atoms. The van der Waals surface area contributed by atoms with Crippen LogP contribution in [0.5, 0.6) is 5.75 Å². The van der Waals surface area contributed by atoms with Crippen molar-refractivity contribution in [1.82, 2.24) is 14.7 Å². The first-order chi connectivity index (χ1) is 11.1. The van der Waals surface area contributed by atoms with Crippen LogP contribution < -0.4 is 4.74 Å². The van der Waals surface area contributed by atoms with Crippen LogP contribution in [0.15, 0.2) is 36.7 Å². The van der Waals surface area contributed by atoms with Gasteiger partial charge in [0.1, 0.15) is 12.4 Å². The third kappa shape index (κ3) is 3.73. The maximum Gasteiger partial charge on any atom is 0.229 e. The molecule has 1 aromatic heterocycles. The molecule has 1 aliphatic rings. The van der Waals surface area contributed by atoms with E-state index in [4.69, 9.17) is 4.74 Å². The van der Waals surface area contributed by atoms with Crippen molar-refractivity contribution in [1.29, 1.82) is 0 Å². The summed E-state index contributed by atoms with van der Waals surface area (Å²) in [5.74, 6) is 1.01. The van der Waals surface area contributed by atoms with Crippen LogP contribution in [0.4, 0.5) is 0 Å². The SMILES string of the molecule is CN(CCCc1cnn(C)c1)C(=O)[C@H]1COc2ccccc2C1. The highest BCUT2D eigenvalue weighted by atomic mass is 16.5. The van der Waals surface area contributed by atoms with Gasteiger partial charge in [-0.2, -0.15) is 5.10 Å². The van der Waals surface area contributed by atoms with E-state index >= 15 is 0 Å². The van der Waals surface area contributed by atoms with Crippen LogP contribution in [0.2, 0.25) is 0 Å². The number of aryl methyl sites for hydroxylation is 2. The molecule has 0 unspecified atom stereocenters. The van der Waals surface area contributed by atoms with Crippen molar-refractivity contribution in [3.8, 4) is 5.75 Å². The van der Waals surface area contributed by atoms with Crippen molar-refractivity contribution in [2.45, 2.75) is 19.3 Å². The molecular formula is C18H23N3O2. The highest BCUT2D eigenvalue weighted by Gasteiger charge is 2.27. The van der Waals surface area contributed by atoms with Crippen LogP contribution >= 0.6 is 0 Å². The molecule has 0 N–H and O–H groups in total. The molecule has 0 fully saturated rings. The number of carbonyl (C=O) groups is 1. The lowest BCUT2D eigenvalue weighted by molar-refractivity contribution is -0.135. The van der Waals surface area contributed by atoms with E-state index in [0.29, 0.717) is 6.61 Å². The second-order valence-electron chi connectivity index (χ2n) is 6.21. The summed E-state index contributed by atoms with van der Waals surface area (Å²) in [7, 11) is 3.80. The maximum absolute atomic E-state index is 12.6. The van der Waals surface area contributed by atoms with Crippen molar-refractivity contribution in [3.63, 3.8) is 0 Å². The Balaban J connectivity index is 1.50. The Morgan fingerprint density at radius 3 is 3.04 bits per heavy atom. The minimum absolute atomic E-state index is 0.0757. The predicted octanol–water partition coefficient (Wildman–Crippen LogP) is 2.06. The minimum atomic E-state index is -0.0757. The number of aromatic nitrogens is 2. The lowest BCUT2D eigenvalue weighted by Crippen LogP contribution is -2.39. The Kier molecular flexibility index (Phi) is 4.65. The van der Waals surface area contributed by atoms with E-state index < -0.39 is 0 Å². The average molecular weight is 313 g/mol. The fraction of sp³-hybridized carbons (Fsp3) is 0.444. The Labute approximate surface area is 136 Å². The van der Waals surface area contributed by atoms with Gasteiger partial charge in [-0.1, -0.05) is 18.2 Å². The Bertz CT molecular complexity index is 680. The van der Waals surface area contributed by atoms with E-state index in [-0.39, 0.29) is 11.8 Å². The fourth-order valence-electron chi connectivity index (χ4n) is 3.03. The number of nitrogens with zero attached hydrogens (tertiary/aromatic N) is 3. The van der Waals surface area contributed by atoms with Crippen LogP contribution in [0.25, 0.3) is 0 Å². The van der Waals surface area contributed by atoms with Gasteiger partial charge in [-0.3, -0.25) is 9.48 Å². The maximum atomic E-state index is 12.6. The number of ether oxygens (including phenoxy) is 1. The number of benzene rings is 1. The van der Waals surface area contributed by atoms with Gasteiger partial charge in [-0.15, -0.1) is 0 Å². The third-order valence-corrected chi connectivity index (χ3v) is 4.32. The summed E-state index contributed by atoms with van der Waals surface area (Å²) in [6, 6.07) is 7.96. The summed E-state index contributed by atoms with van der Waals surface area (Å²) in [6.45, 7) is 1.23. The molecule has 1 aliphatic heterocycles. The molecule has 0 saturated heterocycles. The standard InChI is InChI=1S/C18H23N3O2/c1-20(9-5-6-14-11-19-21(2)12-14)18(22)16-10-15-7-3-4-8-17(15)23-13-16/h3-4,7-8,11-12,16H,5-6,9-10,13H2,1-2H3/t16-/m1/s1. The van der Waals surface area contributed by atoms with E-state index in [9.17, 15) is 4.79 Å². The van der Waals surface area contributed by atoms with E-state index in [1.807, 2.05) is 55.7 Å². The Morgan fingerprint density at radius 1 is 1.43 bits per heavy atom. The molecule has 5 nitrogen and oxygen atoms in total. The molecule has 0 saturated carbocycles. The topological polar surface area (TPSA) is 47.4 Å².